The second kappa shape index (κ2) is 7.55. The van der Waals surface area contributed by atoms with Crippen LogP contribution in [0.4, 0.5) is 0 Å². The Hall–Kier alpha value is -2.67. The Morgan fingerprint density at radius 3 is 2.57 bits per heavy atom. The van der Waals surface area contributed by atoms with Gasteiger partial charge >= 0.3 is 0 Å². The van der Waals surface area contributed by atoms with Crippen molar-refractivity contribution in [2.24, 2.45) is 12.8 Å². The zero-order valence-electron chi connectivity index (χ0n) is 13.3. The molecule has 7 nitrogen and oxygen atoms in total. The van der Waals surface area contributed by atoms with Gasteiger partial charge in [-0.1, -0.05) is 30.3 Å². The standard InChI is InChI=1S/C16H21N5O2/c1-20(10-13(17)22)11-14(23)19-15(12-6-4-3-5-7-12)16-18-8-9-21(16)2/h3-9,15H,10-11H2,1-2H3,(H2,17,22)(H,19,23)/t15-/m0/s1. The summed E-state index contributed by atoms with van der Waals surface area (Å²) in [4.78, 5) is 29.1. The number of nitrogens with one attached hydrogen (secondary N) is 1. The molecule has 1 heterocycles. The molecule has 2 rings (SSSR count). The Morgan fingerprint density at radius 2 is 2.00 bits per heavy atom. The van der Waals surface area contributed by atoms with E-state index in [1.807, 2.05) is 48.1 Å². The van der Waals surface area contributed by atoms with Crippen LogP contribution in [0.15, 0.2) is 42.7 Å². The fraction of sp³-hybridized carbons (Fsp3) is 0.312. The summed E-state index contributed by atoms with van der Waals surface area (Å²) >= 11 is 0. The van der Waals surface area contributed by atoms with Gasteiger partial charge in [-0.15, -0.1) is 0 Å². The Labute approximate surface area is 135 Å². The summed E-state index contributed by atoms with van der Waals surface area (Å²) in [6.45, 7) is 0.114. The minimum Gasteiger partial charge on any atom is -0.369 e. The van der Waals surface area contributed by atoms with E-state index in [0.717, 1.165) is 11.4 Å². The zero-order chi connectivity index (χ0) is 16.8. The van der Waals surface area contributed by atoms with Crippen LogP contribution in [0.25, 0.3) is 0 Å². The number of aryl methyl sites for hydroxylation is 1. The molecular formula is C16H21N5O2. The molecule has 0 aliphatic heterocycles. The number of hydrogen-bond acceptors (Lipinski definition) is 4. The fourth-order valence-corrected chi connectivity index (χ4v) is 2.37. The number of hydrogen-bond donors (Lipinski definition) is 2. The highest BCUT2D eigenvalue weighted by Gasteiger charge is 2.21. The number of nitrogens with zero attached hydrogens (tertiary/aromatic N) is 3. The van der Waals surface area contributed by atoms with Crippen LogP contribution in [-0.4, -0.2) is 46.4 Å². The van der Waals surface area contributed by atoms with Crippen LogP contribution < -0.4 is 11.1 Å². The van der Waals surface area contributed by atoms with Gasteiger partial charge in [-0.25, -0.2) is 4.98 Å². The van der Waals surface area contributed by atoms with Crippen molar-refractivity contribution in [3.63, 3.8) is 0 Å². The first-order valence-corrected chi connectivity index (χ1v) is 7.25. The van der Waals surface area contributed by atoms with Gasteiger partial charge in [0.1, 0.15) is 11.9 Å². The van der Waals surface area contributed by atoms with Crippen LogP contribution in [0.1, 0.15) is 17.4 Å². The topological polar surface area (TPSA) is 93.2 Å². The molecule has 0 spiro atoms. The fourth-order valence-electron chi connectivity index (χ4n) is 2.37. The van der Waals surface area contributed by atoms with E-state index < -0.39 is 5.91 Å². The molecule has 1 atom stereocenters. The summed E-state index contributed by atoms with van der Waals surface area (Å²) in [6.07, 6.45) is 3.52. The highest BCUT2D eigenvalue weighted by atomic mass is 16.2. The predicted molar refractivity (Wildman–Crippen MR) is 86.3 cm³/mol. The SMILES string of the molecule is CN(CC(N)=O)CC(=O)N[C@@H](c1ccccc1)c1nccn1C. The average molecular weight is 315 g/mol. The smallest absolute Gasteiger partial charge is 0.235 e. The first-order chi connectivity index (χ1) is 11.0. The van der Waals surface area contributed by atoms with Crippen molar-refractivity contribution in [3.05, 3.63) is 54.1 Å². The monoisotopic (exact) mass is 315 g/mol. The van der Waals surface area contributed by atoms with E-state index in [2.05, 4.69) is 10.3 Å². The van der Waals surface area contributed by atoms with Gasteiger partial charge in [0.2, 0.25) is 11.8 Å². The Morgan fingerprint density at radius 1 is 1.30 bits per heavy atom. The number of carbonyl (C=O) groups excluding carboxylic acids is 2. The third kappa shape index (κ3) is 4.65. The first kappa shape index (κ1) is 16.7. The molecule has 23 heavy (non-hydrogen) atoms. The van der Waals surface area contributed by atoms with Gasteiger partial charge in [-0.3, -0.25) is 14.5 Å². The normalized spacial score (nSPS) is 12.1. The molecule has 3 N–H and O–H groups in total. The molecule has 0 unspecified atom stereocenters. The highest BCUT2D eigenvalue weighted by Crippen LogP contribution is 2.19. The first-order valence-electron chi connectivity index (χ1n) is 7.25. The van der Waals surface area contributed by atoms with Gasteiger partial charge in [-0.05, 0) is 12.6 Å². The number of carbonyl (C=O) groups is 2. The van der Waals surface area contributed by atoms with Gasteiger partial charge in [0, 0.05) is 19.4 Å². The quantitative estimate of drug-likeness (QED) is 0.754. The maximum absolute atomic E-state index is 12.3. The number of aromatic nitrogens is 2. The molecule has 122 valence electrons. The molecule has 0 bridgehead atoms. The lowest BCUT2D eigenvalue weighted by atomic mass is 10.1. The van der Waals surface area contributed by atoms with E-state index in [0.29, 0.717) is 0 Å². The van der Waals surface area contributed by atoms with Gasteiger partial charge < -0.3 is 15.6 Å². The Balaban J connectivity index is 2.14. The number of rotatable bonds is 7. The van der Waals surface area contributed by atoms with Crippen LogP contribution >= 0.6 is 0 Å². The maximum atomic E-state index is 12.3. The summed E-state index contributed by atoms with van der Waals surface area (Å²) in [5.41, 5.74) is 6.07. The minimum atomic E-state index is -0.469. The highest BCUT2D eigenvalue weighted by molar-refractivity contribution is 5.80. The van der Waals surface area contributed by atoms with Crippen LogP contribution in [0.2, 0.25) is 0 Å². The van der Waals surface area contributed by atoms with Crippen molar-refractivity contribution in [3.8, 4) is 0 Å². The van der Waals surface area contributed by atoms with E-state index in [9.17, 15) is 9.59 Å². The van der Waals surface area contributed by atoms with E-state index in [-0.39, 0.29) is 25.0 Å². The molecule has 2 amide bonds. The third-order valence-electron chi connectivity index (χ3n) is 3.39. The molecule has 0 saturated carbocycles. The summed E-state index contributed by atoms with van der Waals surface area (Å²) in [6, 6.07) is 9.26. The van der Waals surface area contributed by atoms with E-state index in [4.69, 9.17) is 5.73 Å². The zero-order valence-corrected chi connectivity index (χ0v) is 13.3. The predicted octanol–water partition coefficient (Wildman–Crippen LogP) is 0.0428. The molecule has 0 aliphatic carbocycles. The Bertz CT molecular complexity index is 668. The number of benzene rings is 1. The summed E-state index contributed by atoms with van der Waals surface area (Å²) < 4.78 is 1.87. The molecule has 7 heteroatoms. The molecule has 2 aromatic rings. The molecular weight excluding hydrogens is 294 g/mol. The number of likely N-dealkylation sites (N-methyl/N-ethyl adjacent to an activating group) is 1. The van der Waals surface area contributed by atoms with Crippen molar-refractivity contribution in [1.82, 2.24) is 19.8 Å². The van der Waals surface area contributed by atoms with Gasteiger partial charge in [0.15, 0.2) is 0 Å². The van der Waals surface area contributed by atoms with Gasteiger partial charge in [0.05, 0.1) is 13.1 Å². The van der Waals surface area contributed by atoms with Crippen molar-refractivity contribution in [2.45, 2.75) is 6.04 Å². The van der Waals surface area contributed by atoms with Crippen LogP contribution in [0.5, 0.6) is 0 Å². The van der Waals surface area contributed by atoms with Crippen molar-refractivity contribution in [1.29, 1.82) is 0 Å². The molecule has 1 aromatic carbocycles. The second-order valence-electron chi connectivity index (χ2n) is 5.45. The third-order valence-corrected chi connectivity index (χ3v) is 3.39. The second-order valence-corrected chi connectivity index (χ2v) is 5.45. The minimum absolute atomic E-state index is 0.0336. The van der Waals surface area contributed by atoms with Crippen molar-refractivity contribution < 1.29 is 9.59 Å². The number of primary amides is 1. The summed E-state index contributed by atoms with van der Waals surface area (Å²) in [7, 11) is 3.55. The molecule has 0 radical (unpaired) electrons. The number of amides is 2. The molecule has 0 aliphatic rings. The van der Waals surface area contributed by atoms with Crippen LogP contribution in [0, 0.1) is 0 Å². The number of imidazole rings is 1. The van der Waals surface area contributed by atoms with Crippen LogP contribution in [-0.2, 0) is 16.6 Å². The molecule has 0 saturated heterocycles. The summed E-state index contributed by atoms with van der Waals surface area (Å²) in [5, 5.41) is 2.96. The lowest BCUT2D eigenvalue weighted by Gasteiger charge is -2.21. The summed E-state index contributed by atoms with van der Waals surface area (Å²) in [5.74, 6) is 0.0664. The molecule has 0 fully saturated rings. The largest absolute Gasteiger partial charge is 0.369 e. The van der Waals surface area contributed by atoms with E-state index >= 15 is 0 Å². The lowest BCUT2D eigenvalue weighted by Crippen LogP contribution is -2.41. The lowest BCUT2D eigenvalue weighted by molar-refractivity contribution is -0.123. The Kier molecular flexibility index (Phi) is 5.48. The van der Waals surface area contributed by atoms with E-state index in [1.165, 1.54) is 0 Å². The van der Waals surface area contributed by atoms with Gasteiger partial charge in [0.25, 0.3) is 0 Å². The average Bonchev–Trinajstić information content (AvgIpc) is 2.90. The van der Waals surface area contributed by atoms with Crippen molar-refractivity contribution >= 4 is 11.8 Å². The van der Waals surface area contributed by atoms with Crippen molar-refractivity contribution in [2.75, 3.05) is 20.1 Å². The van der Waals surface area contributed by atoms with Gasteiger partial charge in [-0.2, -0.15) is 0 Å². The molecule has 1 aromatic heterocycles. The van der Waals surface area contributed by atoms with E-state index in [1.54, 1.807) is 18.1 Å². The van der Waals surface area contributed by atoms with Crippen LogP contribution in [0.3, 0.4) is 0 Å². The maximum Gasteiger partial charge on any atom is 0.235 e. The number of nitrogens with two attached hydrogens (primary N) is 1.